The molecule has 1 heterocycles. The molecular weight excluding hydrogens is 280 g/mol. The van der Waals surface area contributed by atoms with Crippen LogP contribution in [0, 0.1) is 12.3 Å². The van der Waals surface area contributed by atoms with Crippen molar-refractivity contribution in [1.82, 2.24) is 4.57 Å². The van der Waals surface area contributed by atoms with Gasteiger partial charge < -0.3 is 4.57 Å². The van der Waals surface area contributed by atoms with Crippen LogP contribution in [0.4, 0.5) is 0 Å². The molecule has 1 aromatic carbocycles. The van der Waals surface area contributed by atoms with Crippen LogP contribution in [0.3, 0.4) is 0 Å². The summed E-state index contributed by atoms with van der Waals surface area (Å²) < 4.78 is 2.01. The summed E-state index contributed by atoms with van der Waals surface area (Å²) in [7, 11) is 1.97. The Morgan fingerprint density at radius 3 is 2.43 bits per heavy atom. The van der Waals surface area contributed by atoms with Crippen molar-refractivity contribution in [2.24, 2.45) is 17.5 Å². The molecule has 0 atom stereocenters. The summed E-state index contributed by atoms with van der Waals surface area (Å²) in [5.41, 5.74) is 2.04. The fourth-order valence-electron chi connectivity index (χ4n) is 2.06. The lowest BCUT2D eigenvalue weighted by Crippen LogP contribution is -2.14. The van der Waals surface area contributed by atoms with Gasteiger partial charge in [-0.05, 0) is 30.9 Å². The SMILES string of the molecule is Cc1c(CC(C)(C)C)sc(=NC(=O)c2ccccc2)n1C. The Bertz CT molecular complexity index is 703. The zero-order valence-corrected chi connectivity index (χ0v) is 14.1. The van der Waals surface area contributed by atoms with Crippen LogP contribution in [-0.4, -0.2) is 10.5 Å². The molecule has 4 heteroatoms. The fraction of sp³-hybridized carbons (Fsp3) is 0.412. The van der Waals surface area contributed by atoms with E-state index in [1.807, 2.05) is 29.8 Å². The van der Waals surface area contributed by atoms with E-state index < -0.39 is 0 Å². The Hall–Kier alpha value is -1.68. The molecule has 21 heavy (non-hydrogen) atoms. The molecule has 3 nitrogen and oxygen atoms in total. The van der Waals surface area contributed by atoms with Crippen molar-refractivity contribution in [3.63, 3.8) is 0 Å². The van der Waals surface area contributed by atoms with E-state index in [-0.39, 0.29) is 11.3 Å². The van der Waals surface area contributed by atoms with Crippen molar-refractivity contribution in [2.45, 2.75) is 34.1 Å². The van der Waals surface area contributed by atoms with Gasteiger partial charge in [0.1, 0.15) is 0 Å². The summed E-state index contributed by atoms with van der Waals surface area (Å²) >= 11 is 1.61. The lowest BCUT2D eigenvalue weighted by Gasteiger charge is -2.17. The van der Waals surface area contributed by atoms with Gasteiger partial charge in [0.15, 0.2) is 4.80 Å². The maximum Gasteiger partial charge on any atom is 0.279 e. The van der Waals surface area contributed by atoms with Gasteiger partial charge in [0, 0.05) is 23.2 Å². The number of thiazole rings is 1. The molecule has 0 N–H and O–H groups in total. The summed E-state index contributed by atoms with van der Waals surface area (Å²) in [6.45, 7) is 8.75. The van der Waals surface area contributed by atoms with E-state index in [0.29, 0.717) is 5.56 Å². The molecule has 1 aromatic heterocycles. The monoisotopic (exact) mass is 302 g/mol. The maximum absolute atomic E-state index is 12.2. The number of amides is 1. The first kappa shape index (κ1) is 15.7. The van der Waals surface area contributed by atoms with E-state index >= 15 is 0 Å². The quantitative estimate of drug-likeness (QED) is 0.832. The van der Waals surface area contributed by atoms with E-state index in [1.165, 1.54) is 10.6 Å². The standard InChI is InChI=1S/C17H22N2OS/c1-12-14(11-17(2,3)4)21-16(19(12)5)18-15(20)13-9-7-6-8-10-13/h6-10H,11H2,1-5H3. The highest BCUT2D eigenvalue weighted by molar-refractivity contribution is 7.09. The number of carbonyl (C=O) groups excluding carboxylic acids is 1. The van der Waals surface area contributed by atoms with Crippen LogP contribution in [-0.2, 0) is 13.5 Å². The molecule has 0 aliphatic rings. The predicted octanol–water partition coefficient (Wildman–Crippen LogP) is 3.72. The van der Waals surface area contributed by atoms with Crippen molar-refractivity contribution in [3.05, 3.63) is 51.3 Å². The van der Waals surface area contributed by atoms with Gasteiger partial charge in [-0.1, -0.05) is 39.0 Å². The van der Waals surface area contributed by atoms with Crippen LogP contribution in [0.5, 0.6) is 0 Å². The molecule has 0 saturated heterocycles. The Balaban J connectivity index is 2.39. The molecule has 1 amide bonds. The largest absolute Gasteiger partial charge is 0.324 e. The molecule has 0 saturated carbocycles. The van der Waals surface area contributed by atoms with Crippen LogP contribution in [0.2, 0.25) is 0 Å². The fourth-order valence-corrected chi connectivity index (χ4v) is 3.47. The predicted molar refractivity (Wildman–Crippen MR) is 87.5 cm³/mol. The summed E-state index contributed by atoms with van der Waals surface area (Å²) in [5.74, 6) is -0.185. The Morgan fingerprint density at radius 1 is 1.24 bits per heavy atom. The Labute approximate surface area is 130 Å². The van der Waals surface area contributed by atoms with Gasteiger partial charge in [-0.25, -0.2) is 0 Å². The van der Waals surface area contributed by atoms with Gasteiger partial charge in [0.25, 0.3) is 5.91 Å². The van der Waals surface area contributed by atoms with Crippen LogP contribution >= 0.6 is 11.3 Å². The molecule has 0 fully saturated rings. The Kier molecular flexibility index (Phi) is 4.47. The number of carbonyl (C=O) groups is 1. The second-order valence-corrected chi connectivity index (χ2v) is 7.53. The molecule has 0 unspecified atom stereocenters. The van der Waals surface area contributed by atoms with Gasteiger partial charge in [-0.15, -0.1) is 11.3 Å². The minimum atomic E-state index is -0.185. The first-order chi connectivity index (χ1) is 9.78. The smallest absolute Gasteiger partial charge is 0.279 e. The highest BCUT2D eigenvalue weighted by Gasteiger charge is 2.16. The molecule has 0 aliphatic heterocycles. The van der Waals surface area contributed by atoms with Gasteiger partial charge in [0.05, 0.1) is 0 Å². The van der Waals surface area contributed by atoms with Crippen molar-refractivity contribution < 1.29 is 4.79 Å². The van der Waals surface area contributed by atoms with E-state index in [2.05, 4.69) is 32.7 Å². The van der Waals surface area contributed by atoms with Crippen LogP contribution in [0.1, 0.15) is 41.7 Å². The van der Waals surface area contributed by atoms with E-state index in [9.17, 15) is 4.79 Å². The summed E-state index contributed by atoms with van der Waals surface area (Å²) in [6.07, 6.45) is 0.992. The van der Waals surface area contributed by atoms with Gasteiger partial charge in [0.2, 0.25) is 0 Å². The average Bonchev–Trinajstić information content (AvgIpc) is 2.66. The van der Waals surface area contributed by atoms with Gasteiger partial charge in [-0.2, -0.15) is 4.99 Å². The lowest BCUT2D eigenvalue weighted by atomic mass is 9.91. The van der Waals surface area contributed by atoms with Gasteiger partial charge in [-0.3, -0.25) is 4.79 Å². The van der Waals surface area contributed by atoms with Crippen LogP contribution < -0.4 is 4.80 Å². The van der Waals surface area contributed by atoms with Crippen molar-refractivity contribution in [3.8, 4) is 0 Å². The average molecular weight is 302 g/mol. The lowest BCUT2D eigenvalue weighted by molar-refractivity contribution is 0.0998. The molecule has 0 bridgehead atoms. The number of benzene rings is 1. The minimum absolute atomic E-state index is 0.185. The summed E-state index contributed by atoms with van der Waals surface area (Å²) in [6, 6.07) is 9.19. The normalized spacial score (nSPS) is 12.7. The third kappa shape index (κ3) is 3.91. The van der Waals surface area contributed by atoms with E-state index in [0.717, 1.165) is 11.2 Å². The van der Waals surface area contributed by atoms with E-state index in [4.69, 9.17) is 0 Å². The Morgan fingerprint density at radius 2 is 1.86 bits per heavy atom. The van der Waals surface area contributed by atoms with Gasteiger partial charge >= 0.3 is 0 Å². The third-order valence-electron chi connectivity index (χ3n) is 3.32. The van der Waals surface area contributed by atoms with Crippen LogP contribution in [0.15, 0.2) is 35.3 Å². The second kappa shape index (κ2) is 5.98. The minimum Gasteiger partial charge on any atom is -0.324 e. The molecule has 2 aromatic rings. The molecule has 112 valence electrons. The maximum atomic E-state index is 12.2. The van der Waals surface area contributed by atoms with E-state index in [1.54, 1.807) is 23.5 Å². The summed E-state index contributed by atoms with van der Waals surface area (Å²) in [4.78, 5) is 18.5. The molecule has 0 aliphatic carbocycles. The zero-order chi connectivity index (χ0) is 15.6. The molecular formula is C17H22N2OS. The number of hydrogen-bond acceptors (Lipinski definition) is 2. The number of rotatable bonds is 2. The number of nitrogens with zero attached hydrogens (tertiary/aromatic N) is 2. The van der Waals surface area contributed by atoms with Crippen molar-refractivity contribution in [2.75, 3.05) is 0 Å². The number of aromatic nitrogens is 1. The molecule has 2 rings (SSSR count). The zero-order valence-electron chi connectivity index (χ0n) is 13.3. The molecule has 0 spiro atoms. The third-order valence-corrected chi connectivity index (χ3v) is 4.55. The first-order valence-corrected chi connectivity index (χ1v) is 7.89. The topological polar surface area (TPSA) is 34.4 Å². The highest BCUT2D eigenvalue weighted by atomic mass is 32.1. The number of hydrogen-bond donors (Lipinski definition) is 0. The first-order valence-electron chi connectivity index (χ1n) is 7.07. The summed E-state index contributed by atoms with van der Waals surface area (Å²) in [5, 5.41) is 0. The van der Waals surface area contributed by atoms with Crippen molar-refractivity contribution in [1.29, 1.82) is 0 Å². The van der Waals surface area contributed by atoms with Crippen LogP contribution in [0.25, 0.3) is 0 Å². The second-order valence-electron chi connectivity index (χ2n) is 6.47. The molecule has 0 radical (unpaired) electrons. The highest BCUT2D eigenvalue weighted by Crippen LogP contribution is 2.24. The van der Waals surface area contributed by atoms with Crippen molar-refractivity contribution >= 4 is 17.2 Å².